The van der Waals surface area contributed by atoms with Crippen LogP contribution in [0.25, 0.3) is 0 Å². The molecule has 25 heavy (non-hydrogen) atoms. The molecular formula is C18H14Cl2N4O. The van der Waals surface area contributed by atoms with Crippen molar-refractivity contribution in [3.63, 3.8) is 0 Å². The van der Waals surface area contributed by atoms with Gasteiger partial charge in [-0.3, -0.25) is 4.79 Å². The quantitative estimate of drug-likeness (QED) is 0.683. The van der Waals surface area contributed by atoms with Gasteiger partial charge in [0.1, 0.15) is 5.82 Å². The Bertz CT molecular complexity index is 870. The average Bonchev–Trinajstić information content (AvgIpc) is 2.64. The van der Waals surface area contributed by atoms with Gasteiger partial charge in [-0.1, -0.05) is 53.5 Å². The fraction of sp³-hybridized carbons (Fsp3) is 0.0556. The van der Waals surface area contributed by atoms with Crippen molar-refractivity contribution in [1.82, 2.24) is 10.2 Å². The highest BCUT2D eigenvalue weighted by atomic mass is 35.5. The smallest absolute Gasteiger partial charge is 0.276 e. The molecule has 0 atom stereocenters. The van der Waals surface area contributed by atoms with Gasteiger partial charge in [0, 0.05) is 12.2 Å². The van der Waals surface area contributed by atoms with E-state index in [1.807, 2.05) is 30.3 Å². The fourth-order valence-corrected chi connectivity index (χ4v) is 2.40. The van der Waals surface area contributed by atoms with Gasteiger partial charge in [0.15, 0.2) is 5.69 Å². The van der Waals surface area contributed by atoms with E-state index in [1.165, 1.54) is 0 Å². The van der Waals surface area contributed by atoms with Crippen molar-refractivity contribution in [2.45, 2.75) is 6.54 Å². The van der Waals surface area contributed by atoms with Crippen molar-refractivity contribution in [1.29, 1.82) is 0 Å². The number of carbonyl (C=O) groups excluding carboxylic acids is 1. The fourth-order valence-electron chi connectivity index (χ4n) is 2.11. The number of benzene rings is 2. The number of halogens is 2. The Morgan fingerprint density at radius 2 is 1.72 bits per heavy atom. The number of hydrogen-bond donors (Lipinski definition) is 2. The maximum absolute atomic E-state index is 12.2. The zero-order chi connectivity index (χ0) is 17.6. The standard InChI is InChI=1S/C18H14Cl2N4O/c19-14-7-6-13(10-15(14)20)22-18(25)16-8-9-17(24-23-16)21-11-12-4-2-1-3-5-12/h1-10H,11H2,(H,21,24)(H,22,25). The molecule has 0 aliphatic heterocycles. The van der Waals surface area contributed by atoms with Gasteiger partial charge in [-0.05, 0) is 35.9 Å². The third kappa shape index (κ3) is 4.68. The van der Waals surface area contributed by atoms with Crippen LogP contribution in [0.3, 0.4) is 0 Å². The lowest BCUT2D eigenvalue weighted by molar-refractivity contribution is 0.102. The molecule has 2 N–H and O–H groups in total. The first-order valence-electron chi connectivity index (χ1n) is 7.50. The number of anilines is 2. The van der Waals surface area contributed by atoms with Gasteiger partial charge in [0.25, 0.3) is 5.91 Å². The summed E-state index contributed by atoms with van der Waals surface area (Å²) in [7, 11) is 0. The molecule has 0 saturated carbocycles. The lowest BCUT2D eigenvalue weighted by atomic mass is 10.2. The monoisotopic (exact) mass is 372 g/mol. The summed E-state index contributed by atoms with van der Waals surface area (Å²) in [4.78, 5) is 12.2. The first-order valence-corrected chi connectivity index (χ1v) is 8.25. The van der Waals surface area contributed by atoms with E-state index in [0.29, 0.717) is 28.1 Å². The van der Waals surface area contributed by atoms with Gasteiger partial charge in [0.05, 0.1) is 10.0 Å². The Kier molecular flexibility index (Phi) is 5.48. The molecule has 1 heterocycles. The number of rotatable bonds is 5. The minimum Gasteiger partial charge on any atom is -0.365 e. The number of carbonyl (C=O) groups is 1. The van der Waals surface area contributed by atoms with E-state index in [2.05, 4.69) is 20.8 Å². The molecule has 0 fully saturated rings. The summed E-state index contributed by atoms with van der Waals surface area (Å²) in [6.45, 7) is 0.629. The van der Waals surface area contributed by atoms with Crippen LogP contribution in [0.2, 0.25) is 10.0 Å². The van der Waals surface area contributed by atoms with Gasteiger partial charge >= 0.3 is 0 Å². The third-order valence-corrected chi connectivity index (χ3v) is 4.13. The molecule has 0 spiro atoms. The summed E-state index contributed by atoms with van der Waals surface area (Å²) < 4.78 is 0. The molecule has 0 unspecified atom stereocenters. The van der Waals surface area contributed by atoms with E-state index < -0.39 is 0 Å². The number of amides is 1. The van der Waals surface area contributed by atoms with E-state index >= 15 is 0 Å². The predicted octanol–water partition coefficient (Wildman–Crippen LogP) is 4.65. The molecule has 1 amide bonds. The van der Waals surface area contributed by atoms with Gasteiger partial charge in [-0.15, -0.1) is 10.2 Å². The lowest BCUT2D eigenvalue weighted by Gasteiger charge is -2.07. The van der Waals surface area contributed by atoms with E-state index in [9.17, 15) is 4.79 Å². The van der Waals surface area contributed by atoms with Crippen LogP contribution in [-0.4, -0.2) is 16.1 Å². The van der Waals surface area contributed by atoms with Crippen LogP contribution in [0.15, 0.2) is 60.7 Å². The minimum absolute atomic E-state index is 0.205. The second-order valence-corrected chi connectivity index (χ2v) is 6.04. The molecule has 0 saturated heterocycles. The van der Waals surface area contributed by atoms with Crippen molar-refractivity contribution >= 4 is 40.6 Å². The predicted molar refractivity (Wildman–Crippen MR) is 100 cm³/mol. The molecule has 5 nitrogen and oxygen atoms in total. The second kappa shape index (κ2) is 7.96. The Morgan fingerprint density at radius 1 is 0.920 bits per heavy atom. The SMILES string of the molecule is O=C(Nc1ccc(Cl)c(Cl)c1)c1ccc(NCc2ccccc2)nn1. The Labute approximate surface area is 155 Å². The Hall–Kier alpha value is -2.63. The summed E-state index contributed by atoms with van der Waals surface area (Å²) in [6.07, 6.45) is 0. The molecular weight excluding hydrogens is 359 g/mol. The van der Waals surface area contributed by atoms with Gasteiger partial charge in [0.2, 0.25) is 0 Å². The van der Waals surface area contributed by atoms with Crippen molar-refractivity contribution in [3.05, 3.63) is 82.0 Å². The molecule has 2 aromatic carbocycles. The second-order valence-electron chi connectivity index (χ2n) is 5.23. The zero-order valence-electron chi connectivity index (χ0n) is 13.0. The molecule has 126 valence electrons. The largest absolute Gasteiger partial charge is 0.365 e. The van der Waals surface area contributed by atoms with E-state index in [-0.39, 0.29) is 11.6 Å². The summed E-state index contributed by atoms with van der Waals surface area (Å²) in [5.74, 6) is 0.218. The van der Waals surface area contributed by atoms with E-state index in [4.69, 9.17) is 23.2 Å². The maximum atomic E-state index is 12.2. The third-order valence-electron chi connectivity index (χ3n) is 3.39. The van der Waals surface area contributed by atoms with Gasteiger partial charge in [-0.2, -0.15) is 0 Å². The summed E-state index contributed by atoms with van der Waals surface area (Å²) >= 11 is 11.8. The normalized spacial score (nSPS) is 10.3. The summed E-state index contributed by atoms with van der Waals surface area (Å²) in [6, 6.07) is 18.1. The lowest BCUT2D eigenvalue weighted by Crippen LogP contribution is -2.15. The van der Waals surface area contributed by atoms with Crippen LogP contribution < -0.4 is 10.6 Å². The molecule has 3 rings (SSSR count). The summed E-state index contributed by atoms with van der Waals surface area (Å²) in [5.41, 5.74) is 1.87. The van der Waals surface area contributed by atoms with Crippen LogP contribution in [-0.2, 0) is 6.54 Å². The topological polar surface area (TPSA) is 66.9 Å². The number of aromatic nitrogens is 2. The highest BCUT2D eigenvalue weighted by Crippen LogP contribution is 2.25. The van der Waals surface area contributed by atoms with Gasteiger partial charge in [-0.25, -0.2) is 0 Å². The van der Waals surface area contributed by atoms with Crippen molar-refractivity contribution in [2.75, 3.05) is 10.6 Å². The summed E-state index contributed by atoms with van der Waals surface area (Å²) in [5, 5.41) is 14.6. The molecule has 7 heteroatoms. The molecule has 0 aliphatic rings. The van der Waals surface area contributed by atoms with Crippen molar-refractivity contribution in [2.24, 2.45) is 0 Å². The zero-order valence-corrected chi connectivity index (χ0v) is 14.6. The first kappa shape index (κ1) is 17.2. The number of hydrogen-bond acceptors (Lipinski definition) is 4. The molecule has 0 bridgehead atoms. The molecule has 3 aromatic rings. The Morgan fingerprint density at radius 3 is 2.40 bits per heavy atom. The van der Waals surface area contributed by atoms with Crippen LogP contribution in [0.1, 0.15) is 16.1 Å². The highest BCUT2D eigenvalue weighted by molar-refractivity contribution is 6.42. The van der Waals surface area contributed by atoms with E-state index in [1.54, 1.807) is 30.3 Å². The van der Waals surface area contributed by atoms with Crippen LogP contribution in [0, 0.1) is 0 Å². The van der Waals surface area contributed by atoms with Crippen molar-refractivity contribution in [3.8, 4) is 0 Å². The molecule has 0 radical (unpaired) electrons. The highest BCUT2D eigenvalue weighted by Gasteiger charge is 2.10. The average molecular weight is 373 g/mol. The maximum Gasteiger partial charge on any atom is 0.276 e. The number of nitrogens with zero attached hydrogens (tertiary/aromatic N) is 2. The van der Waals surface area contributed by atoms with Crippen LogP contribution in [0.4, 0.5) is 11.5 Å². The molecule has 0 aliphatic carbocycles. The van der Waals surface area contributed by atoms with Crippen molar-refractivity contribution < 1.29 is 4.79 Å². The minimum atomic E-state index is -0.375. The first-order chi connectivity index (χ1) is 12.1. The van der Waals surface area contributed by atoms with E-state index in [0.717, 1.165) is 5.56 Å². The van der Waals surface area contributed by atoms with Crippen LogP contribution >= 0.6 is 23.2 Å². The van der Waals surface area contributed by atoms with Crippen LogP contribution in [0.5, 0.6) is 0 Å². The van der Waals surface area contributed by atoms with Gasteiger partial charge < -0.3 is 10.6 Å². The Balaban J connectivity index is 1.61. The number of nitrogens with one attached hydrogen (secondary N) is 2. The molecule has 1 aromatic heterocycles.